The molecule has 0 bridgehead atoms. The molecule has 0 radical (unpaired) electrons. The fourth-order valence-electron chi connectivity index (χ4n) is 2.99. The van der Waals surface area contributed by atoms with Crippen LogP contribution in [0.25, 0.3) is 0 Å². The second-order valence-electron chi connectivity index (χ2n) is 7.21. The molecule has 0 heterocycles. The molecule has 0 saturated carbocycles. The first kappa shape index (κ1) is 25.4. The molecule has 0 aromatic carbocycles. The first-order valence-corrected chi connectivity index (χ1v) is 11.1. The highest BCUT2D eigenvalue weighted by Crippen LogP contribution is 2.11. The van der Waals surface area contributed by atoms with Crippen LogP contribution in [0.1, 0.15) is 90.4 Å². The average Bonchev–Trinajstić information content (AvgIpc) is 2.64. The van der Waals surface area contributed by atoms with E-state index in [1.807, 2.05) is 0 Å². The number of amides is 1. The van der Waals surface area contributed by atoms with Crippen molar-refractivity contribution in [3.05, 3.63) is 0 Å². The van der Waals surface area contributed by atoms with Gasteiger partial charge in [-0.3, -0.25) is 4.79 Å². The Balaban J connectivity index is 3.12. The molecule has 0 aliphatic carbocycles. The van der Waals surface area contributed by atoms with Gasteiger partial charge in [-0.1, -0.05) is 77.6 Å². The van der Waals surface area contributed by atoms with Gasteiger partial charge >= 0.3 is 0 Å². The molecule has 0 aliphatic rings. The van der Waals surface area contributed by atoms with Crippen LogP contribution in [-0.2, 0) is 4.79 Å². The number of hydrogen-bond acceptors (Lipinski definition) is 4. The minimum absolute atomic E-state index is 0.142. The normalized spacial score (nSPS) is 11.0. The molecule has 26 heavy (non-hydrogen) atoms. The van der Waals surface area contributed by atoms with Gasteiger partial charge in [0.2, 0.25) is 5.91 Å². The molecular formula is C21H45N3O2. The summed E-state index contributed by atoms with van der Waals surface area (Å²) < 4.78 is 0. The van der Waals surface area contributed by atoms with Gasteiger partial charge in [0.05, 0.1) is 6.61 Å². The molecule has 1 amide bonds. The molecule has 0 fully saturated rings. The zero-order valence-corrected chi connectivity index (χ0v) is 17.3. The van der Waals surface area contributed by atoms with Crippen molar-refractivity contribution in [2.75, 3.05) is 39.3 Å². The standard InChI is InChI=1S/C21H45N3O2/c1-2-3-4-5-6-7-8-9-10-11-12-13-15-24-21(26)14-16-22-17-18-23-19-20-25/h22-23,25H,2-20H2,1H3,(H,24,26). The van der Waals surface area contributed by atoms with Crippen molar-refractivity contribution in [2.45, 2.75) is 90.4 Å². The van der Waals surface area contributed by atoms with Crippen LogP contribution < -0.4 is 16.0 Å². The van der Waals surface area contributed by atoms with Gasteiger partial charge in [0.1, 0.15) is 0 Å². The largest absolute Gasteiger partial charge is 0.395 e. The lowest BCUT2D eigenvalue weighted by Gasteiger charge is -2.07. The molecule has 5 heteroatoms. The molecule has 0 rings (SSSR count). The van der Waals surface area contributed by atoms with Crippen LogP contribution in [0, 0.1) is 0 Å². The summed E-state index contributed by atoms with van der Waals surface area (Å²) in [6, 6.07) is 0. The number of carbonyl (C=O) groups excluding carboxylic acids is 1. The minimum atomic E-state index is 0.142. The van der Waals surface area contributed by atoms with E-state index in [1.54, 1.807) is 0 Å². The highest BCUT2D eigenvalue weighted by atomic mass is 16.3. The number of hydrogen-bond donors (Lipinski definition) is 4. The van der Waals surface area contributed by atoms with Gasteiger partial charge < -0.3 is 21.1 Å². The lowest BCUT2D eigenvalue weighted by Crippen LogP contribution is -2.32. The maximum absolute atomic E-state index is 11.7. The lowest BCUT2D eigenvalue weighted by molar-refractivity contribution is -0.121. The quantitative estimate of drug-likeness (QED) is 0.233. The van der Waals surface area contributed by atoms with Crippen LogP contribution in [0.2, 0.25) is 0 Å². The van der Waals surface area contributed by atoms with E-state index in [1.165, 1.54) is 70.6 Å². The Kier molecular flexibility index (Phi) is 21.8. The summed E-state index contributed by atoms with van der Waals surface area (Å²) in [7, 11) is 0. The first-order valence-electron chi connectivity index (χ1n) is 11.1. The van der Waals surface area contributed by atoms with Crippen molar-refractivity contribution in [3.63, 3.8) is 0 Å². The molecule has 156 valence electrons. The lowest BCUT2D eigenvalue weighted by atomic mass is 10.1. The van der Waals surface area contributed by atoms with E-state index in [0.717, 1.165) is 26.1 Å². The van der Waals surface area contributed by atoms with E-state index in [0.29, 0.717) is 19.5 Å². The third kappa shape index (κ3) is 21.4. The van der Waals surface area contributed by atoms with E-state index >= 15 is 0 Å². The molecule has 0 spiro atoms. The molecule has 0 aliphatic heterocycles. The predicted octanol–water partition coefficient (Wildman–Crippen LogP) is 3.37. The van der Waals surface area contributed by atoms with E-state index in [2.05, 4.69) is 22.9 Å². The first-order chi connectivity index (χ1) is 12.8. The zero-order valence-electron chi connectivity index (χ0n) is 17.3. The van der Waals surface area contributed by atoms with Gasteiger partial charge in [-0.2, -0.15) is 0 Å². The predicted molar refractivity (Wildman–Crippen MR) is 112 cm³/mol. The van der Waals surface area contributed by atoms with E-state index in [-0.39, 0.29) is 12.5 Å². The molecule has 4 N–H and O–H groups in total. The van der Waals surface area contributed by atoms with Gasteiger partial charge in [0.25, 0.3) is 0 Å². The number of unbranched alkanes of at least 4 members (excludes halogenated alkanes) is 11. The van der Waals surface area contributed by atoms with Gasteiger partial charge in [-0.05, 0) is 6.42 Å². The van der Waals surface area contributed by atoms with Crippen molar-refractivity contribution >= 4 is 5.91 Å². The Morgan fingerprint density at radius 2 is 1.15 bits per heavy atom. The van der Waals surface area contributed by atoms with E-state index in [9.17, 15) is 4.79 Å². The third-order valence-corrected chi connectivity index (χ3v) is 4.65. The maximum atomic E-state index is 11.7. The summed E-state index contributed by atoms with van der Waals surface area (Å²) in [5, 5.41) is 17.9. The van der Waals surface area contributed by atoms with Crippen LogP contribution in [0.5, 0.6) is 0 Å². The maximum Gasteiger partial charge on any atom is 0.221 e. The second kappa shape index (κ2) is 22.4. The van der Waals surface area contributed by atoms with Gasteiger partial charge in [0, 0.05) is 39.1 Å². The summed E-state index contributed by atoms with van der Waals surface area (Å²) in [4.78, 5) is 11.7. The highest BCUT2D eigenvalue weighted by Gasteiger charge is 2.00. The number of carbonyl (C=O) groups is 1. The minimum Gasteiger partial charge on any atom is -0.395 e. The van der Waals surface area contributed by atoms with Gasteiger partial charge in [-0.25, -0.2) is 0 Å². The van der Waals surface area contributed by atoms with E-state index in [4.69, 9.17) is 5.11 Å². The number of rotatable bonds is 21. The fraction of sp³-hybridized carbons (Fsp3) is 0.952. The van der Waals surface area contributed by atoms with Crippen LogP contribution in [0.15, 0.2) is 0 Å². The molecule has 5 nitrogen and oxygen atoms in total. The molecule has 0 atom stereocenters. The molecule has 0 saturated heterocycles. The van der Waals surface area contributed by atoms with Crippen LogP contribution >= 0.6 is 0 Å². The molecule has 0 aromatic heterocycles. The Morgan fingerprint density at radius 3 is 1.69 bits per heavy atom. The van der Waals surface area contributed by atoms with Gasteiger partial charge in [-0.15, -0.1) is 0 Å². The number of nitrogens with one attached hydrogen (secondary N) is 3. The summed E-state index contributed by atoms with van der Waals surface area (Å²) >= 11 is 0. The topological polar surface area (TPSA) is 73.4 Å². The Hall–Kier alpha value is -0.650. The smallest absolute Gasteiger partial charge is 0.221 e. The zero-order chi connectivity index (χ0) is 19.1. The Bertz CT molecular complexity index is 288. The summed E-state index contributed by atoms with van der Waals surface area (Å²) in [6.45, 7) is 6.24. The molecule has 0 aromatic rings. The average molecular weight is 372 g/mol. The van der Waals surface area contributed by atoms with Gasteiger partial charge in [0.15, 0.2) is 0 Å². The number of aliphatic hydroxyl groups is 1. The van der Waals surface area contributed by atoms with E-state index < -0.39 is 0 Å². The highest BCUT2D eigenvalue weighted by molar-refractivity contribution is 5.75. The fourth-order valence-corrected chi connectivity index (χ4v) is 2.99. The SMILES string of the molecule is CCCCCCCCCCCCCCNC(=O)CCNCCNCCO. The van der Waals surface area contributed by atoms with Crippen molar-refractivity contribution in [1.29, 1.82) is 0 Å². The summed E-state index contributed by atoms with van der Waals surface area (Å²) in [6.07, 6.45) is 16.7. The molecular weight excluding hydrogens is 326 g/mol. The van der Waals surface area contributed by atoms with Crippen molar-refractivity contribution < 1.29 is 9.90 Å². The summed E-state index contributed by atoms with van der Waals surface area (Å²) in [5.41, 5.74) is 0. The van der Waals surface area contributed by atoms with Crippen LogP contribution in [0.3, 0.4) is 0 Å². The third-order valence-electron chi connectivity index (χ3n) is 4.65. The van der Waals surface area contributed by atoms with Crippen molar-refractivity contribution in [1.82, 2.24) is 16.0 Å². The second-order valence-corrected chi connectivity index (χ2v) is 7.21. The Labute approximate surface area is 162 Å². The number of aliphatic hydroxyl groups excluding tert-OH is 1. The Morgan fingerprint density at radius 1 is 0.654 bits per heavy atom. The van der Waals surface area contributed by atoms with Crippen LogP contribution in [-0.4, -0.2) is 50.3 Å². The van der Waals surface area contributed by atoms with Crippen molar-refractivity contribution in [2.24, 2.45) is 0 Å². The summed E-state index contributed by atoms with van der Waals surface area (Å²) in [5.74, 6) is 0.142. The van der Waals surface area contributed by atoms with Crippen LogP contribution in [0.4, 0.5) is 0 Å². The molecule has 0 unspecified atom stereocenters. The van der Waals surface area contributed by atoms with Crippen molar-refractivity contribution in [3.8, 4) is 0 Å². The monoisotopic (exact) mass is 371 g/mol.